The summed E-state index contributed by atoms with van der Waals surface area (Å²) in [6, 6.07) is 84.2. The fourth-order valence-electron chi connectivity index (χ4n) is 7.99. The van der Waals surface area contributed by atoms with Crippen LogP contribution in [0.2, 0.25) is 0 Å². The molecule has 0 saturated carbocycles. The van der Waals surface area contributed by atoms with E-state index in [1.165, 1.54) is 33.4 Å². The highest BCUT2D eigenvalue weighted by Crippen LogP contribution is 2.43. The van der Waals surface area contributed by atoms with Crippen LogP contribution in [-0.2, 0) is 0 Å². The van der Waals surface area contributed by atoms with Gasteiger partial charge in [0.1, 0.15) is 11.3 Å². The standard InChI is InChI=1S/C56H39NO/c1-3-14-40(15-4-1)41-26-28-45(29-27-41)53-23-10-11-24-54(53)57(50-36-32-44(33-37-50)52-22-9-8-21-51(52)43-16-5-2-6-17-43)49-34-30-42(31-35-49)46-19-13-20-47(38-46)56-39-48-18-7-12-25-55(48)58-56/h1-39H. The third kappa shape index (κ3) is 6.89. The molecule has 1 heterocycles. The van der Waals surface area contributed by atoms with E-state index in [1.54, 1.807) is 0 Å². The lowest BCUT2D eigenvalue weighted by molar-refractivity contribution is 0.631. The Morgan fingerprint density at radius 3 is 1.38 bits per heavy atom. The van der Waals surface area contributed by atoms with Gasteiger partial charge < -0.3 is 9.32 Å². The smallest absolute Gasteiger partial charge is 0.135 e. The predicted octanol–water partition coefficient (Wildman–Crippen LogP) is 15.9. The quantitative estimate of drug-likeness (QED) is 0.146. The van der Waals surface area contributed by atoms with Crippen LogP contribution in [0.3, 0.4) is 0 Å². The summed E-state index contributed by atoms with van der Waals surface area (Å²) in [4.78, 5) is 2.38. The average molecular weight is 742 g/mol. The Morgan fingerprint density at radius 1 is 0.276 bits per heavy atom. The van der Waals surface area contributed by atoms with Crippen LogP contribution in [0.4, 0.5) is 17.1 Å². The zero-order valence-electron chi connectivity index (χ0n) is 31.9. The summed E-state index contributed by atoms with van der Waals surface area (Å²) >= 11 is 0. The van der Waals surface area contributed by atoms with E-state index in [-0.39, 0.29) is 0 Å². The summed E-state index contributed by atoms with van der Waals surface area (Å²) in [5.41, 5.74) is 17.0. The second kappa shape index (κ2) is 15.5. The molecule has 0 fully saturated rings. The van der Waals surface area contributed by atoms with E-state index in [9.17, 15) is 0 Å². The van der Waals surface area contributed by atoms with Crippen molar-refractivity contribution < 1.29 is 4.42 Å². The van der Waals surface area contributed by atoms with Crippen molar-refractivity contribution >= 4 is 28.0 Å². The third-order valence-electron chi connectivity index (χ3n) is 10.9. The molecule has 0 aliphatic rings. The van der Waals surface area contributed by atoms with Crippen molar-refractivity contribution in [3.63, 3.8) is 0 Å². The van der Waals surface area contributed by atoms with Crippen molar-refractivity contribution in [2.24, 2.45) is 0 Å². The van der Waals surface area contributed by atoms with Crippen LogP contribution >= 0.6 is 0 Å². The first-order valence-corrected chi connectivity index (χ1v) is 19.7. The van der Waals surface area contributed by atoms with Gasteiger partial charge in [-0.1, -0.05) is 188 Å². The highest BCUT2D eigenvalue weighted by molar-refractivity contribution is 5.91. The Hall–Kier alpha value is -7.68. The van der Waals surface area contributed by atoms with Gasteiger partial charge in [0.2, 0.25) is 0 Å². The van der Waals surface area contributed by atoms with Gasteiger partial charge in [-0.25, -0.2) is 0 Å². The summed E-state index contributed by atoms with van der Waals surface area (Å²) < 4.78 is 6.23. The number of furan rings is 1. The van der Waals surface area contributed by atoms with Gasteiger partial charge in [0.25, 0.3) is 0 Å². The Balaban J connectivity index is 1.04. The van der Waals surface area contributed by atoms with Gasteiger partial charge in [0.05, 0.1) is 5.69 Å². The number of benzene rings is 9. The van der Waals surface area contributed by atoms with E-state index in [1.807, 2.05) is 18.2 Å². The molecule has 0 amide bonds. The van der Waals surface area contributed by atoms with E-state index >= 15 is 0 Å². The fourth-order valence-corrected chi connectivity index (χ4v) is 7.99. The Bertz CT molecular complexity index is 2930. The summed E-state index contributed by atoms with van der Waals surface area (Å²) in [6.07, 6.45) is 0. The zero-order valence-corrected chi connectivity index (χ0v) is 31.9. The maximum absolute atomic E-state index is 6.23. The molecule has 10 rings (SSSR count). The minimum Gasteiger partial charge on any atom is -0.456 e. The summed E-state index contributed by atoms with van der Waals surface area (Å²) in [7, 11) is 0. The van der Waals surface area contributed by atoms with Crippen molar-refractivity contribution in [1.29, 1.82) is 0 Å². The molecule has 2 heteroatoms. The zero-order chi connectivity index (χ0) is 38.7. The first-order valence-electron chi connectivity index (χ1n) is 19.7. The molecular formula is C56H39NO. The van der Waals surface area contributed by atoms with Crippen molar-refractivity contribution in [2.75, 3.05) is 4.90 Å². The minimum absolute atomic E-state index is 0.870. The van der Waals surface area contributed by atoms with Crippen LogP contribution < -0.4 is 4.90 Å². The molecule has 2 nitrogen and oxygen atoms in total. The first-order chi connectivity index (χ1) is 28.7. The molecule has 9 aromatic carbocycles. The monoisotopic (exact) mass is 741 g/mol. The van der Waals surface area contributed by atoms with Crippen LogP contribution in [0.15, 0.2) is 241 Å². The number of rotatable bonds is 9. The van der Waals surface area contributed by atoms with Gasteiger partial charge in [-0.2, -0.15) is 0 Å². The summed E-state index contributed by atoms with van der Waals surface area (Å²) in [5, 5.41) is 1.10. The van der Waals surface area contributed by atoms with E-state index < -0.39 is 0 Å². The molecule has 0 radical (unpaired) electrons. The lowest BCUT2D eigenvalue weighted by Gasteiger charge is -2.28. The Morgan fingerprint density at radius 2 is 0.707 bits per heavy atom. The predicted molar refractivity (Wildman–Crippen MR) is 244 cm³/mol. The number of nitrogens with zero attached hydrogens (tertiary/aromatic N) is 1. The Labute approximate surface area is 339 Å². The van der Waals surface area contributed by atoms with Crippen LogP contribution in [0.1, 0.15) is 0 Å². The number of anilines is 3. The molecule has 10 aromatic rings. The fraction of sp³-hybridized carbons (Fsp3) is 0. The van der Waals surface area contributed by atoms with E-state index in [4.69, 9.17) is 4.42 Å². The third-order valence-corrected chi connectivity index (χ3v) is 10.9. The summed E-state index contributed by atoms with van der Waals surface area (Å²) in [6.45, 7) is 0. The molecule has 1 aromatic heterocycles. The number of hydrogen-bond donors (Lipinski definition) is 0. The van der Waals surface area contributed by atoms with Gasteiger partial charge in [-0.05, 0) is 98.6 Å². The molecule has 0 spiro atoms. The largest absolute Gasteiger partial charge is 0.456 e. The number of para-hydroxylation sites is 2. The maximum atomic E-state index is 6.23. The minimum atomic E-state index is 0.870. The van der Waals surface area contributed by atoms with E-state index in [0.29, 0.717) is 0 Å². The van der Waals surface area contributed by atoms with Gasteiger partial charge in [0, 0.05) is 27.9 Å². The van der Waals surface area contributed by atoms with Crippen molar-refractivity contribution in [3.8, 4) is 67.0 Å². The normalized spacial score (nSPS) is 11.1. The van der Waals surface area contributed by atoms with Crippen LogP contribution in [-0.4, -0.2) is 0 Å². The van der Waals surface area contributed by atoms with Crippen LogP contribution in [0.25, 0.3) is 77.9 Å². The topological polar surface area (TPSA) is 16.4 Å². The van der Waals surface area contributed by atoms with Crippen molar-refractivity contribution in [1.82, 2.24) is 0 Å². The van der Waals surface area contributed by atoms with E-state index in [2.05, 4.69) is 223 Å². The summed E-state index contributed by atoms with van der Waals surface area (Å²) in [5.74, 6) is 0.870. The van der Waals surface area contributed by atoms with Crippen molar-refractivity contribution in [3.05, 3.63) is 237 Å². The van der Waals surface area contributed by atoms with E-state index in [0.717, 1.165) is 61.6 Å². The lowest BCUT2D eigenvalue weighted by Crippen LogP contribution is -2.11. The molecule has 0 aliphatic carbocycles. The SMILES string of the molecule is c1ccc(-c2ccc(-c3ccccc3N(c3ccc(-c4cccc(-c5cc6ccccc6o5)c4)cc3)c3ccc(-c4ccccc4-c4ccccc4)cc3)cc2)cc1. The van der Waals surface area contributed by atoms with Crippen molar-refractivity contribution in [2.45, 2.75) is 0 Å². The molecule has 274 valence electrons. The molecule has 0 saturated heterocycles. The molecular weight excluding hydrogens is 703 g/mol. The Kier molecular flexibility index (Phi) is 9.27. The second-order valence-corrected chi connectivity index (χ2v) is 14.5. The molecule has 0 aliphatic heterocycles. The van der Waals surface area contributed by atoms with Crippen LogP contribution in [0.5, 0.6) is 0 Å². The van der Waals surface area contributed by atoms with Gasteiger partial charge in [-0.3, -0.25) is 0 Å². The molecule has 0 bridgehead atoms. The first kappa shape index (κ1) is 34.8. The molecule has 0 atom stereocenters. The highest BCUT2D eigenvalue weighted by Gasteiger charge is 2.18. The molecule has 58 heavy (non-hydrogen) atoms. The van der Waals surface area contributed by atoms with Gasteiger partial charge in [-0.15, -0.1) is 0 Å². The van der Waals surface area contributed by atoms with Gasteiger partial charge >= 0.3 is 0 Å². The van der Waals surface area contributed by atoms with Gasteiger partial charge in [0.15, 0.2) is 0 Å². The second-order valence-electron chi connectivity index (χ2n) is 14.5. The van der Waals surface area contributed by atoms with Crippen LogP contribution in [0, 0.1) is 0 Å². The maximum Gasteiger partial charge on any atom is 0.135 e. The number of fused-ring (bicyclic) bond motifs is 1. The molecule has 0 unspecified atom stereocenters. The average Bonchev–Trinajstić information content (AvgIpc) is 3.75. The molecule has 0 N–H and O–H groups in total. The highest BCUT2D eigenvalue weighted by atomic mass is 16.3. The number of hydrogen-bond acceptors (Lipinski definition) is 2. The lowest BCUT2D eigenvalue weighted by atomic mass is 9.94.